The lowest BCUT2D eigenvalue weighted by atomic mass is 9.73. The second-order valence-electron chi connectivity index (χ2n) is 5.59. The molecule has 0 spiro atoms. The maximum absolute atomic E-state index is 11.8. The van der Waals surface area contributed by atoms with E-state index in [1.54, 1.807) is 0 Å². The molecule has 2 heterocycles. The number of esters is 1. The number of methoxy groups -OCH3 is 1. The van der Waals surface area contributed by atoms with E-state index in [1.807, 2.05) is 6.92 Å². The molecule has 2 N–H and O–H groups in total. The second kappa shape index (κ2) is 5.36. The van der Waals surface area contributed by atoms with Crippen molar-refractivity contribution < 1.29 is 9.53 Å². The van der Waals surface area contributed by atoms with E-state index < -0.39 is 5.54 Å². The van der Waals surface area contributed by atoms with Crippen molar-refractivity contribution in [2.75, 3.05) is 26.7 Å². The normalized spacial score (nSPS) is 35.5. The highest BCUT2D eigenvalue weighted by molar-refractivity contribution is 5.80. The van der Waals surface area contributed by atoms with Gasteiger partial charge in [-0.15, -0.1) is 0 Å². The van der Waals surface area contributed by atoms with E-state index in [1.165, 1.54) is 26.4 Å². The van der Waals surface area contributed by atoms with Crippen molar-refractivity contribution in [3.63, 3.8) is 0 Å². The van der Waals surface area contributed by atoms with Crippen LogP contribution in [0.5, 0.6) is 0 Å². The average Bonchev–Trinajstić information content (AvgIpc) is 2.39. The molecule has 2 aliphatic rings. The molecule has 0 aromatic heterocycles. The molecule has 2 fully saturated rings. The summed E-state index contributed by atoms with van der Waals surface area (Å²) in [5, 5.41) is 6.73. The van der Waals surface area contributed by atoms with E-state index in [0.29, 0.717) is 5.92 Å². The van der Waals surface area contributed by atoms with Crippen molar-refractivity contribution in [2.45, 2.75) is 38.1 Å². The van der Waals surface area contributed by atoms with Crippen LogP contribution in [0.4, 0.5) is 0 Å². The summed E-state index contributed by atoms with van der Waals surface area (Å²) in [6.45, 7) is 5.17. The highest BCUT2D eigenvalue weighted by atomic mass is 16.5. The molecule has 2 saturated heterocycles. The van der Waals surface area contributed by atoms with Crippen molar-refractivity contribution in [1.29, 1.82) is 0 Å². The first-order valence-corrected chi connectivity index (χ1v) is 6.70. The zero-order valence-corrected chi connectivity index (χ0v) is 10.9. The largest absolute Gasteiger partial charge is 0.468 e. The zero-order valence-electron chi connectivity index (χ0n) is 10.9. The van der Waals surface area contributed by atoms with Crippen molar-refractivity contribution in [3.8, 4) is 0 Å². The minimum absolute atomic E-state index is 0.115. The molecule has 0 bridgehead atoms. The van der Waals surface area contributed by atoms with E-state index in [2.05, 4.69) is 10.6 Å². The molecule has 17 heavy (non-hydrogen) atoms. The minimum atomic E-state index is -0.470. The van der Waals surface area contributed by atoms with Gasteiger partial charge in [0.25, 0.3) is 0 Å². The van der Waals surface area contributed by atoms with Gasteiger partial charge in [0.2, 0.25) is 0 Å². The van der Waals surface area contributed by atoms with Gasteiger partial charge < -0.3 is 15.4 Å². The molecule has 0 aromatic rings. The summed E-state index contributed by atoms with van der Waals surface area (Å²) in [4.78, 5) is 11.8. The van der Waals surface area contributed by atoms with E-state index >= 15 is 0 Å². The van der Waals surface area contributed by atoms with Crippen LogP contribution in [0.1, 0.15) is 32.6 Å². The van der Waals surface area contributed by atoms with Crippen LogP contribution in [0.15, 0.2) is 0 Å². The summed E-state index contributed by atoms with van der Waals surface area (Å²) in [7, 11) is 1.48. The molecular weight excluding hydrogens is 216 g/mol. The molecule has 0 aliphatic carbocycles. The Morgan fingerprint density at radius 2 is 1.82 bits per heavy atom. The average molecular weight is 240 g/mol. The van der Waals surface area contributed by atoms with Gasteiger partial charge in [-0.3, -0.25) is 4.79 Å². The topological polar surface area (TPSA) is 50.4 Å². The summed E-state index contributed by atoms with van der Waals surface area (Å²) in [6, 6.07) is 0. The maximum Gasteiger partial charge on any atom is 0.325 e. The van der Waals surface area contributed by atoms with E-state index in [0.717, 1.165) is 32.0 Å². The van der Waals surface area contributed by atoms with Crippen LogP contribution in [0, 0.1) is 11.8 Å². The van der Waals surface area contributed by atoms with Gasteiger partial charge in [0.05, 0.1) is 7.11 Å². The molecule has 0 saturated carbocycles. The fourth-order valence-electron chi connectivity index (χ4n) is 3.33. The summed E-state index contributed by atoms with van der Waals surface area (Å²) < 4.78 is 4.91. The quantitative estimate of drug-likeness (QED) is 0.705. The number of ether oxygens (including phenoxy) is 1. The Morgan fingerprint density at radius 3 is 2.47 bits per heavy atom. The third-order valence-electron chi connectivity index (χ3n) is 4.39. The van der Waals surface area contributed by atoms with Crippen molar-refractivity contribution in [2.24, 2.45) is 11.8 Å². The Balaban J connectivity index is 1.98. The van der Waals surface area contributed by atoms with Crippen LogP contribution in [0.3, 0.4) is 0 Å². The molecule has 4 nitrogen and oxygen atoms in total. The van der Waals surface area contributed by atoms with Gasteiger partial charge in [0.1, 0.15) is 5.54 Å². The molecule has 0 amide bonds. The summed E-state index contributed by atoms with van der Waals surface area (Å²) in [5.41, 5.74) is -0.470. The Labute approximate surface area is 103 Å². The molecule has 2 aliphatic heterocycles. The lowest BCUT2D eigenvalue weighted by Crippen LogP contribution is -2.56. The minimum Gasteiger partial charge on any atom is -0.468 e. The van der Waals surface area contributed by atoms with E-state index in [4.69, 9.17) is 4.74 Å². The molecule has 0 aromatic carbocycles. The van der Waals surface area contributed by atoms with Gasteiger partial charge in [-0.25, -0.2) is 0 Å². The number of nitrogens with one attached hydrogen (secondary N) is 2. The smallest absolute Gasteiger partial charge is 0.325 e. The molecule has 2 atom stereocenters. The van der Waals surface area contributed by atoms with Crippen LogP contribution in [-0.4, -0.2) is 38.3 Å². The fourth-order valence-corrected chi connectivity index (χ4v) is 3.33. The number of rotatable bonds is 2. The lowest BCUT2D eigenvalue weighted by Gasteiger charge is -2.41. The SMILES string of the molecule is COC(=O)C1(C)CC(C2CCNCC2)CCN1. The first-order valence-electron chi connectivity index (χ1n) is 6.70. The van der Waals surface area contributed by atoms with Gasteiger partial charge in [-0.1, -0.05) is 0 Å². The first kappa shape index (κ1) is 12.8. The second-order valence-corrected chi connectivity index (χ2v) is 5.59. The number of hydrogen-bond donors (Lipinski definition) is 2. The highest BCUT2D eigenvalue weighted by Gasteiger charge is 2.41. The lowest BCUT2D eigenvalue weighted by molar-refractivity contribution is -0.150. The predicted molar refractivity (Wildman–Crippen MR) is 66.7 cm³/mol. The van der Waals surface area contributed by atoms with Crippen LogP contribution < -0.4 is 10.6 Å². The molecule has 2 unspecified atom stereocenters. The van der Waals surface area contributed by atoms with Gasteiger partial charge in [-0.05, 0) is 64.1 Å². The van der Waals surface area contributed by atoms with Crippen LogP contribution in [-0.2, 0) is 9.53 Å². The van der Waals surface area contributed by atoms with Gasteiger partial charge in [0, 0.05) is 0 Å². The Morgan fingerprint density at radius 1 is 1.18 bits per heavy atom. The van der Waals surface area contributed by atoms with Crippen LogP contribution in [0.2, 0.25) is 0 Å². The maximum atomic E-state index is 11.8. The molecule has 98 valence electrons. The highest BCUT2D eigenvalue weighted by Crippen LogP contribution is 2.34. The molecular formula is C13H24N2O2. The van der Waals surface area contributed by atoms with E-state index in [9.17, 15) is 4.79 Å². The third-order valence-corrected chi connectivity index (χ3v) is 4.39. The number of piperidine rings is 2. The number of carbonyl (C=O) groups is 1. The van der Waals surface area contributed by atoms with Crippen molar-refractivity contribution in [1.82, 2.24) is 10.6 Å². The summed E-state index contributed by atoms with van der Waals surface area (Å²) in [5.74, 6) is 1.33. The molecule has 0 radical (unpaired) electrons. The molecule has 4 heteroatoms. The number of carbonyl (C=O) groups excluding carboxylic acids is 1. The summed E-state index contributed by atoms with van der Waals surface area (Å²) in [6.07, 6.45) is 4.62. The Bertz CT molecular complexity index is 277. The van der Waals surface area contributed by atoms with Crippen LogP contribution >= 0.6 is 0 Å². The Hall–Kier alpha value is -0.610. The molecule has 2 rings (SSSR count). The standard InChI is InChI=1S/C13H24N2O2/c1-13(12(16)17-2)9-11(5-8-15-13)10-3-6-14-7-4-10/h10-11,14-15H,3-9H2,1-2H3. The number of hydrogen-bond acceptors (Lipinski definition) is 4. The van der Waals surface area contributed by atoms with Crippen molar-refractivity contribution in [3.05, 3.63) is 0 Å². The zero-order chi connectivity index (χ0) is 12.3. The van der Waals surface area contributed by atoms with Gasteiger partial charge in [0.15, 0.2) is 0 Å². The van der Waals surface area contributed by atoms with E-state index in [-0.39, 0.29) is 5.97 Å². The first-order chi connectivity index (χ1) is 8.15. The predicted octanol–water partition coefficient (Wildman–Crippen LogP) is 0.917. The van der Waals surface area contributed by atoms with Gasteiger partial charge in [-0.2, -0.15) is 0 Å². The fraction of sp³-hybridized carbons (Fsp3) is 0.923. The Kier molecular flexibility index (Phi) is 4.05. The van der Waals surface area contributed by atoms with Crippen molar-refractivity contribution >= 4 is 5.97 Å². The third kappa shape index (κ3) is 2.80. The van der Waals surface area contributed by atoms with Gasteiger partial charge >= 0.3 is 5.97 Å². The summed E-state index contributed by atoms with van der Waals surface area (Å²) >= 11 is 0. The van der Waals surface area contributed by atoms with Crippen LogP contribution in [0.25, 0.3) is 0 Å². The monoisotopic (exact) mass is 240 g/mol.